The van der Waals surface area contributed by atoms with E-state index in [1.807, 2.05) is 6.20 Å². The quantitative estimate of drug-likeness (QED) is 0.425. The third-order valence-corrected chi connectivity index (χ3v) is 10.5. The Morgan fingerprint density at radius 3 is 2.51 bits per heavy atom. The fourth-order valence-corrected chi connectivity index (χ4v) is 9.52. The van der Waals surface area contributed by atoms with E-state index in [9.17, 15) is 0 Å². The molecule has 3 saturated heterocycles. The largest absolute Gasteiger partial charge is 0.357 e. The topological polar surface area (TPSA) is 40.2 Å². The summed E-state index contributed by atoms with van der Waals surface area (Å²) in [5.41, 5.74) is 2.62. The van der Waals surface area contributed by atoms with Crippen molar-refractivity contribution in [3.05, 3.63) is 54.7 Å². The van der Waals surface area contributed by atoms with Gasteiger partial charge in [-0.25, -0.2) is 0 Å². The molecule has 35 heavy (non-hydrogen) atoms. The lowest BCUT2D eigenvalue weighted by molar-refractivity contribution is -0.0113. The lowest BCUT2D eigenvalue weighted by Gasteiger charge is -2.57. The van der Waals surface area contributed by atoms with Crippen LogP contribution in [0.2, 0.25) is 0 Å². The van der Waals surface area contributed by atoms with Crippen molar-refractivity contribution < 1.29 is 0 Å². The molecule has 4 aliphatic carbocycles. The molecular formula is C30H38N4S. The summed E-state index contributed by atoms with van der Waals surface area (Å²) in [5.74, 6) is 4.07. The van der Waals surface area contributed by atoms with Gasteiger partial charge in [-0.1, -0.05) is 24.3 Å². The van der Waals surface area contributed by atoms with Gasteiger partial charge in [0.25, 0.3) is 0 Å². The van der Waals surface area contributed by atoms with Crippen molar-refractivity contribution in [1.29, 1.82) is 0 Å². The number of pyridine rings is 1. The normalized spacial score (nSPS) is 39.9. The molecule has 7 fully saturated rings. The van der Waals surface area contributed by atoms with Crippen LogP contribution in [0.15, 0.2) is 49.2 Å². The Morgan fingerprint density at radius 2 is 1.83 bits per heavy atom. The lowest BCUT2D eigenvalue weighted by Crippen LogP contribution is -2.63. The van der Waals surface area contributed by atoms with Gasteiger partial charge in [-0.3, -0.25) is 9.88 Å². The number of hydrogen-bond donors (Lipinski definition) is 2. The number of thiocarbonyl (C=S) groups is 1. The third-order valence-electron chi connectivity index (χ3n) is 10.3. The Balaban J connectivity index is 1.19. The molecule has 2 aromatic rings. The van der Waals surface area contributed by atoms with Crippen molar-refractivity contribution in [2.24, 2.45) is 29.6 Å². The Labute approximate surface area is 214 Å². The predicted molar refractivity (Wildman–Crippen MR) is 146 cm³/mol. The van der Waals surface area contributed by atoms with Gasteiger partial charge in [-0.2, -0.15) is 0 Å². The summed E-state index contributed by atoms with van der Waals surface area (Å²) in [4.78, 5) is 7.37. The highest BCUT2D eigenvalue weighted by molar-refractivity contribution is 7.80. The van der Waals surface area contributed by atoms with Crippen LogP contribution < -0.4 is 10.6 Å². The molecule has 4 heterocycles. The molecule has 184 valence electrons. The van der Waals surface area contributed by atoms with Crippen LogP contribution in [0.25, 0.3) is 10.9 Å². The maximum atomic E-state index is 6.12. The molecule has 0 spiro atoms. The third kappa shape index (κ3) is 3.90. The number of aromatic nitrogens is 1. The molecular weight excluding hydrogens is 448 g/mol. The molecule has 1 unspecified atom stereocenters. The Kier molecular flexibility index (Phi) is 5.43. The van der Waals surface area contributed by atoms with Gasteiger partial charge in [-0.05, 0) is 117 Å². The van der Waals surface area contributed by atoms with E-state index in [2.05, 4.69) is 63.5 Å². The molecule has 1 aromatic heterocycles. The summed E-state index contributed by atoms with van der Waals surface area (Å²) < 4.78 is 0. The summed E-state index contributed by atoms with van der Waals surface area (Å²) in [6, 6.07) is 11.4. The highest BCUT2D eigenvalue weighted by Crippen LogP contribution is 2.55. The van der Waals surface area contributed by atoms with Crippen molar-refractivity contribution in [2.75, 3.05) is 13.1 Å². The van der Waals surface area contributed by atoms with Crippen LogP contribution in [0.4, 0.5) is 0 Å². The minimum absolute atomic E-state index is 0.158. The maximum absolute atomic E-state index is 6.12. The standard InChI is InChI=1S/C30H38N4S/c1-2-22-18-34-10-8-23(22)14-27(34)28(25-7-9-31-26-6-4-3-5-24(25)26)32-29(35)33-30-15-19-11-20(16-30)13-21(12-19)17-30/h2-7,9,19-23,27-28H,1,8,10-18H2,(H2,32,33,35)/t19?,20?,21?,22-,23+,27+,28-,30?/m0/s1. The molecule has 3 aliphatic heterocycles. The van der Waals surface area contributed by atoms with Crippen LogP contribution in [-0.4, -0.2) is 39.7 Å². The van der Waals surface area contributed by atoms with Gasteiger partial charge in [0.05, 0.1) is 11.6 Å². The van der Waals surface area contributed by atoms with Gasteiger partial charge in [0.15, 0.2) is 5.11 Å². The average molecular weight is 487 g/mol. The number of nitrogens with one attached hydrogen (secondary N) is 2. The number of rotatable bonds is 5. The Morgan fingerprint density at radius 1 is 1.09 bits per heavy atom. The molecule has 0 radical (unpaired) electrons. The van der Waals surface area contributed by atoms with Crippen molar-refractivity contribution in [3.63, 3.8) is 0 Å². The number of benzene rings is 1. The van der Waals surface area contributed by atoms with Gasteiger partial charge in [0.1, 0.15) is 0 Å². The smallest absolute Gasteiger partial charge is 0.167 e. The highest BCUT2D eigenvalue weighted by atomic mass is 32.1. The van der Waals surface area contributed by atoms with Crippen molar-refractivity contribution in [1.82, 2.24) is 20.5 Å². The Hall–Kier alpha value is -1.98. The van der Waals surface area contributed by atoms with Gasteiger partial charge in [-0.15, -0.1) is 6.58 Å². The van der Waals surface area contributed by atoms with E-state index >= 15 is 0 Å². The first-order valence-corrected chi connectivity index (χ1v) is 14.3. The zero-order valence-electron chi connectivity index (χ0n) is 20.7. The fraction of sp³-hybridized carbons (Fsp3) is 0.600. The monoisotopic (exact) mass is 486 g/mol. The van der Waals surface area contributed by atoms with E-state index in [-0.39, 0.29) is 11.6 Å². The van der Waals surface area contributed by atoms with E-state index < -0.39 is 0 Å². The minimum Gasteiger partial charge on any atom is -0.357 e. The zero-order chi connectivity index (χ0) is 23.6. The molecule has 5 atom stereocenters. The molecule has 4 saturated carbocycles. The second-order valence-corrected chi connectivity index (χ2v) is 12.8. The fourth-order valence-electron chi connectivity index (χ4n) is 9.18. The van der Waals surface area contributed by atoms with Crippen LogP contribution in [0.3, 0.4) is 0 Å². The summed E-state index contributed by atoms with van der Waals surface area (Å²) in [6.07, 6.45) is 14.9. The second-order valence-electron chi connectivity index (χ2n) is 12.4. The zero-order valence-corrected chi connectivity index (χ0v) is 21.5. The summed E-state index contributed by atoms with van der Waals surface area (Å²) in [7, 11) is 0. The number of para-hydroxylation sites is 1. The first-order chi connectivity index (χ1) is 17.1. The number of nitrogens with zero attached hydrogens (tertiary/aromatic N) is 2. The van der Waals surface area contributed by atoms with Crippen LogP contribution in [0.1, 0.15) is 63.0 Å². The predicted octanol–water partition coefficient (Wildman–Crippen LogP) is 5.61. The number of fused-ring (bicyclic) bond motifs is 4. The molecule has 9 rings (SSSR count). The number of hydrogen-bond acceptors (Lipinski definition) is 3. The molecule has 4 nitrogen and oxygen atoms in total. The summed E-state index contributed by atoms with van der Waals surface area (Å²) in [6.45, 7) is 6.44. The molecule has 5 heteroatoms. The minimum atomic E-state index is 0.158. The van der Waals surface area contributed by atoms with E-state index in [4.69, 9.17) is 12.2 Å². The van der Waals surface area contributed by atoms with Crippen LogP contribution in [0.5, 0.6) is 0 Å². The maximum Gasteiger partial charge on any atom is 0.167 e. The van der Waals surface area contributed by atoms with Gasteiger partial charge in [0, 0.05) is 29.7 Å². The van der Waals surface area contributed by atoms with Crippen molar-refractivity contribution in [2.45, 2.75) is 69.0 Å². The van der Waals surface area contributed by atoms with E-state index in [0.29, 0.717) is 12.0 Å². The van der Waals surface area contributed by atoms with Crippen molar-refractivity contribution >= 4 is 28.2 Å². The van der Waals surface area contributed by atoms with Gasteiger partial charge in [0.2, 0.25) is 0 Å². The molecule has 7 aliphatic rings. The van der Waals surface area contributed by atoms with Gasteiger partial charge >= 0.3 is 0 Å². The van der Waals surface area contributed by atoms with Gasteiger partial charge < -0.3 is 10.6 Å². The summed E-state index contributed by atoms with van der Waals surface area (Å²) in [5, 5.41) is 9.96. The lowest BCUT2D eigenvalue weighted by atomic mass is 9.53. The number of piperidine rings is 3. The van der Waals surface area contributed by atoms with Crippen LogP contribution >= 0.6 is 12.2 Å². The van der Waals surface area contributed by atoms with E-state index in [0.717, 1.165) is 40.8 Å². The second kappa shape index (κ2) is 8.55. The van der Waals surface area contributed by atoms with E-state index in [1.165, 1.54) is 68.9 Å². The molecule has 1 aromatic carbocycles. The molecule has 6 bridgehead atoms. The van der Waals surface area contributed by atoms with Crippen molar-refractivity contribution in [3.8, 4) is 0 Å². The first-order valence-electron chi connectivity index (χ1n) is 13.9. The average Bonchev–Trinajstić information content (AvgIpc) is 2.86. The SMILES string of the molecule is C=C[C@H]1CN2CC[C@@H]1C[C@@H]2[C@@H](NC(=S)NC12CC3CC(CC(C3)C1)C2)c1ccnc2ccccc12. The molecule has 2 N–H and O–H groups in total. The first kappa shape index (κ1) is 22.2. The summed E-state index contributed by atoms with van der Waals surface area (Å²) >= 11 is 6.12. The van der Waals surface area contributed by atoms with Crippen LogP contribution in [-0.2, 0) is 0 Å². The highest BCUT2D eigenvalue weighted by Gasteiger charge is 2.51. The van der Waals surface area contributed by atoms with Crippen LogP contribution in [0, 0.1) is 29.6 Å². The molecule has 0 amide bonds. The van der Waals surface area contributed by atoms with E-state index in [1.54, 1.807) is 0 Å². The Bertz CT molecular complexity index is 1100.